The minimum Gasteiger partial charge on any atom is -0.379 e. The topological polar surface area (TPSA) is 29.5 Å². The Hall–Kier alpha value is -0.870. The lowest BCUT2D eigenvalue weighted by molar-refractivity contribution is -0.118. The zero-order chi connectivity index (χ0) is 15.4. The number of morpholine rings is 1. The van der Waals surface area contributed by atoms with Crippen LogP contribution < -0.4 is 0 Å². The summed E-state index contributed by atoms with van der Waals surface area (Å²) >= 11 is 5.89. The predicted molar refractivity (Wildman–Crippen MR) is 96.3 cm³/mol. The largest absolute Gasteiger partial charge is 0.379 e. The maximum Gasteiger partial charge on any atom is 0.162 e. The van der Waals surface area contributed by atoms with Gasteiger partial charge in [0.2, 0.25) is 0 Å². The number of rotatable bonds is 4. The Morgan fingerprint density at radius 1 is 1.22 bits per heavy atom. The monoisotopic (exact) mass is 355 g/mol. The average Bonchev–Trinajstić information content (AvgIpc) is 2.89. The van der Waals surface area contributed by atoms with Gasteiger partial charge < -0.3 is 4.74 Å². The van der Waals surface area contributed by atoms with Gasteiger partial charge in [0.1, 0.15) is 0 Å². The molecule has 1 unspecified atom stereocenters. The third-order valence-electron chi connectivity index (χ3n) is 4.56. The molecular formula is C18H23Cl2NO2. The molecule has 1 saturated carbocycles. The second-order valence-corrected chi connectivity index (χ2v) is 6.50. The lowest BCUT2D eigenvalue weighted by atomic mass is 10.0. The third-order valence-corrected chi connectivity index (χ3v) is 4.81. The van der Waals surface area contributed by atoms with Gasteiger partial charge >= 0.3 is 0 Å². The van der Waals surface area contributed by atoms with Crippen molar-refractivity contribution in [3.63, 3.8) is 0 Å². The van der Waals surface area contributed by atoms with Crippen molar-refractivity contribution in [1.82, 2.24) is 4.90 Å². The first kappa shape index (κ1) is 18.5. The zero-order valence-electron chi connectivity index (χ0n) is 13.2. The maximum absolute atomic E-state index is 12.5. The van der Waals surface area contributed by atoms with E-state index < -0.39 is 0 Å². The van der Waals surface area contributed by atoms with Crippen LogP contribution in [-0.4, -0.2) is 43.5 Å². The highest BCUT2D eigenvalue weighted by molar-refractivity contribution is 6.30. The second kappa shape index (κ2) is 8.84. The summed E-state index contributed by atoms with van der Waals surface area (Å²) < 4.78 is 5.36. The van der Waals surface area contributed by atoms with Crippen LogP contribution in [0.3, 0.4) is 0 Å². The Bertz CT molecular complexity index is 551. The van der Waals surface area contributed by atoms with Crippen LogP contribution >= 0.6 is 24.0 Å². The van der Waals surface area contributed by atoms with E-state index in [9.17, 15) is 4.79 Å². The fourth-order valence-corrected chi connectivity index (χ4v) is 3.31. The molecule has 0 amide bonds. The van der Waals surface area contributed by atoms with Crippen LogP contribution in [0.1, 0.15) is 24.8 Å². The minimum atomic E-state index is 0. The summed E-state index contributed by atoms with van der Waals surface area (Å²) in [7, 11) is 0. The molecule has 0 radical (unpaired) electrons. The van der Waals surface area contributed by atoms with Crippen LogP contribution in [0.5, 0.6) is 0 Å². The van der Waals surface area contributed by atoms with Gasteiger partial charge in [-0.15, -0.1) is 12.4 Å². The fourth-order valence-electron chi connectivity index (χ4n) is 3.19. The van der Waals surface area contributed by atoms with Crippen LogP contribution in [0.25, 0.3) is 6.08 Å². The van der Waals surface area contributed by atoms with Gasteiger partial charge in [-0.1, -0.05) is 23.7 Å². The number of hydrogen-bond donors (Lipinski definition) is 0. The molecule has 1 aromatic carbocycles. The van der Waals surface area contributed by atoms with Gasteiger partial charge in [0.15, 0.2) is 5.78 Å². The highest BCUT2D eigenvalue weighted by Gasteiger charge is 2.29. The van der Waals surface area contributed by atoms with Crippen molar-refractivity contribution in [2.24, 2.45) is 5.92 Å². The summed E-state index contributed by atoms with van der Waals surface area (Å²) in [5.74, 6) is 0.532. The molecule has 3 rings (SSSR count). The third kappa shape index (κ3) is 5.05. The molecule has 1 aliphatic carbocycles. The van der Waals surface area contributed by atoms with E-state index in [4.69, 9.17) is 16.3 Å². The number of hydrogen-bond acceptors (Lipinski definition) is 3. The van der Waals surface area contributed by atoms with Crippen molar-refractivity contribution in [1.29, 1.82) is 0 Å². The van der Waals surface area contributed by atoms with E-state index in [2.05, 4.69) is 4.90 Å². The van der Waals surface area contributed by atoms with E-state index in [0.29, 0.717) is 5.78 Å². The molecule has 1 atom stereocenters. The Kier molecular flexibility index (Phi) is 7.09. The van der Waals surface area contributed by atoms with E-state index in [0.717, 1.165) is 68.3 Å². The van der Waals surface area contributed by atoms with Crippen LogP contribution in [0.4, 0.5) is 0 Å². The Morgan fingerprint density at radius 3 is 2.61 bits per heavy atom. The highest BCUT2D eigenvalue weighted by atomic mass is 35.5. The van der Waals surface area contributed by atoms with Crippen molar-refractivity contribution in [2.75, 3.05) is 32.8 Å². The van der Waals surface area contributed by atoms with E-state index >= 15 is 0 Å². The number of carbonyl (C=O) groups excluding carboxylic acids is 1. The fraction of sp³-hybridized carbons (Fsp3) is 0.500. The molecule has 5 heteroatoms. The maximum atomic E-state index is 12.5. The average molecular weight is 356 g/mol. The number of benzene rings is 1. The summed E-state index contributed by atoms with van der Waals surface area (Å²) in [6, 6.07) is 7.65. The SMILES string of the molecule is Cl.O=C1C(=Cc2ccc(Cl)cc2)CCC1CCN1CCOCC1. The first-order valence-electron chi connectivity index (χ1n) is 8.03. The molecule has 0 bridgehead atoms. The molecule has 1 saturated heterocycles. The normalized spacial score (nSPS) is 24.0. The smallest absolute Gasteiger partial charge is 0.162 e. The molecule has 2 aliphatic rings. The van der Waals surface area contributed by atoms with Crippen LogP contribution in [0.2, 0.25) is 5.02 Å². The Balaban J connectivity index is 0.00000192. The van der Waals surface area contributed by atoms with E-state index in [1.165, 1.54) is 0 Å². The molecule has 1 heterocycles. The first-order chi connectivity index (χ1) is 10.7. The molecule has 0 spiro atoms. The van der Waals surface area contributed by atoms with Crippen LogP contribution in [-0.2, 0) is 9.53 Å². The lowest BCUT2D eigenvalue weighted by Crippen LogP contribution is -2.37. The van der Waals surface area contributed by atoms with Crippen molar-refractivity contribution in [2.45, 2.75) is 19.3 Å². The number of allylic oxidation sites excluding steroid dienone is 1. The van der Waals surface area contributed by atoms with Gasteiger partial charge in [-0.2, -0.15) is 0 Å². The lowest BCUT2D eigenvalue weighted by Gasteiger charge is -2.27. The summed E-state index contributed by atoms with van der Waals surface area (Å²) in [5.41, 5.74) is 2.02. The zero-order valence-corrected chi connectivity index (χ0v) is 14.7. The molecule has 126 valence electrons. The number of ether oxygens (including phenoxy) is 1. The number of carbonyl (C=O) groups is 1. The molecule has 23 heavy (non-hydrogen) atoms. The number of Topliss-reactive ketones (excluding diaryl/α,β-unsaturated/α-hetero) is 1. The van der Waals surface area contributed by atoms with Gasteiger partial charge in [-0.05, 0) is 55.2 Å². The molecule has 0 aromatic heterocycles. The van der Waals surface area contributed by atoms with E-state index in [1.807, 2.05) is 30.3 Å². The summed E-state index contributed by atoms with van der Waals surface area (Å²) in [5, 5.41) is 0.725. The Labute approximate surface area is 149 Å². The summed E-state index contributed by atoms with van der Waals surface area (Å²) in [4.78, 5) is 14.9. The minimum absolute atomic E-state index is 0. The van der Waals surface area contributed by atoms with Crippen LogP contribution in [0, 0.1) is 5.92 Å². The summed E-state index contributed by atoms with van der Waals surface area (Å²) in [6.45, 7) is 4.64. The molecule has 2 fully saturated rings. The quantitative estimate of drug-likeness (QED) is 0.768. The van der Waals surface area contributed by atoms with E-state index in [-0.39, 0.29) is 18.3 Å². The van der Waals surface area contributed by atoms with E-state index in [1.54, 1.807) is 0 Å². The molecule has 1 aromatic rings. The number of ketones is 1. The van der Waals surface area contributed by atoms with Gasteiger partial charge in [-0.25, -0.2) is 0 Å². The van der Waals surface area contributed by atoms with Gasteiger partial charge in [-0.3, -0.25) is 9.69 Å². The van der Waals surface area contributed by atoms with Gasteiger partial charge in [0.05, 0.1) is 13.2 Å². The van der Waals surface area contributed by atoms with Gasteiger partial charge in [0, 0.05) is 24.0 Å². The van der Waals surface area contributed by atoms with Crippen LogP contribution in [0.15, 0.2) is 29.8 Å². The number of nitrogens with zero attached hydrogens (tertiary/aromatic N) is 1. The highest BCUT2D eigenvalue weighted by Crippen LogP contribution is 2.31. The number of halogens is 2. The first-order valence-corrected chi connectivity index (χ1v) is 8.40. The predicted octanol–water partition coefficient (Wildman–Crippen LogP) is 3.85. The molecule has 1 aliphatic heterocycles. The molecule has 3 nitrogen and oxygen atoms in total. The molecule has 0 N–H and O–H groups in total. The van der Waals surface area contributed by atoms with Crippen molar-refractivity contribution < 1.29 is 9.53 Å². The van der Waals surface area contributed by atoms with Crippen molar-refractivity contribution in [3.05, 3.63) is 40.4 Å². The standard InChI is InChI=1S/C18H22ClNO2.ClH/c19-17-5-1-14(2-6-17)13-16-4-3-15(18(16)21)7-8-20-9-11-22-12-10-20;/h1-2,5-6,13,15H,3-4,7-12H2;1H. The summed E-state index contributed by atoms with van der Waals surface area (Å²) in [6.07, 6.45) is 4.88. The second-order valence-electron chi connectivity index (χ2n) is 6.06. The van der Waals surface area contributed by atoms with Crippen molar-refractivity contribution in [3.8, 4) is 0 Å². The van der Waals surface area contributed by atoms with Crippen molar-refractivity contribution >= 4 is 35.9 Å². The molecular weight excluding hydrogens is 333 g/mol. The Morgan fingerprint density at radius 2 is 1.91 bits per heavy atom. The van der Waals surface area contributed by atoms with Gasteiger partial charge in [0.25, 0.3) is 0 Å².